The second-order valence-corrected chi connectivity index (χ2v) is 2.47. The summed E-state index contributed by atoms with van der Waals surface area (Å²) in [6.45, 7) is 1.41. The van der Waals surface area contributed by atoms with E-state index in [9.17, 15) is 4.79 Å². The third-order valence-corrected chi connectivity index (χ3v) is 1.82. The van der Waals surface area contributed by atoms with E-state index in [0.717, 1.165) is 0 Å². The van der Waals surface area contributed by atoms with Crippen molar-refractivity contribution in [2.24, 2.45) is 0 Å². The van der Waals surface area contributed by atoms with Crippen LogP contribution in [0.2, 0.25) is 0 Å². The van der Waals surface area contributed by atoms with Gasteiger partial charge in [0.05, 0.1) is 6.10 Å². The van der Waals surface area contributed by atoms with Crippen LogP contribution in [0.25, 0.3) is 0 Å². The molecule has 0 aromatic rings. The minimum Gasteiger partial charge on any atom is -0.480 e. The highest BCUT2D eigenvalue weighted by Crippen LogP contribution is 2.03. The van der Waals surface area contributed by atoms with E-state index < -0.39 is 16.9 Å². The van der Waals surface area contributed by atoms with Gasteiger partial charge in [-0.2, -0.15) is 0 Å². The summed E-state index contributed by atoms with van der Waals surface area (Å²) in [6, 6.07) is 0. The summed E-state index contributed by atoms with van der Waals surface area (Å²) in [5.41, 5.74) is 0. The van der Waals surface area contributed by atoms with Gasteiger partial charge in [-0.1, -0.05) is 15.9 Å². The van der Waals surface area contributed by atoms with Crippen LogP contribution in [0.15, 0.2) is 0 Å². The largest absolute Gasteiger partial charge is 0.480 e. The highest BCUT2D eigenvalue weighted by atomic mass is 79.9. The van der Waals surface area contributed by atoms with Crippen LogP contribution in [-0.2, 0) is 4.79 Å². The molecule has 0 bridgehead atoms. The zero-order valence-corrected chi connectivity index (χ0v) is 5.92. The van der Waals surface area contributed by atoms with E-state index in [0.29, 0.717) is 0 Å². The Labute approximate surface area is 55.5 Å². The summed E-state index contributed by atoms with van der Waals surface area (Å²) in [7, 11) is 0. The van der Waals surface area contributed by atoms with Crippen LogP contribution in [0.5, 0.6) is 0 Å². The molecule has 0 radical (unpaired) electrons. The van der Waals surface area contributed by atoms with Gasteiger partial charge < -0.3 is 10.2 Å². The van der Waals surface area contributed by atoms with E-state index in [-0.39, 0.29) is 0 Å². The second kappa shape index (κ2) is 3.04. The fraction of sp³-hybridized carbons (Fsp3) is 0.750. The third kappa shape index (κ3) is 2.28. The summed E-state index contributed by atoms with van der Waals surface area (Å²) >= 11 is 2.76. The maximum absolute atomic E-state index is 9.93. The number of aliphatic carboxylic acids is 1. The van der Waals surface area contributed by atoms with Crippen LogP contribution in [0.3, 0.4) is 0 Å². The van der Waals surface area contributed by atoms with Gasteiger partial charge in [0.2, 0.25) is 0 Å². The van der Waals surface area contributed by atoms with Gasteiger partial charge in [-0.15, -0.1) is 0 Å². The third-order valence-electron chi connectivity index (χ3n) is 0.659. The normalized spacial score (nSPS) is 17.4. The van der Waals surface area contributed by atoms with E-state index in [2.05, 4.69) is 15.9 Å². The molecule has 0 unspecified atom stereocenters. The van der Waals surface area contributed by atoms with Crippen molar-refractivity contribution in [2.45, 2.75) is 17.9 Å². The van der Waals surface area contributed by atoms with Crippen LogP contribution in [-0.4, -0.2) is 27.1 Å². The molecular formula is C4H7BrO3. The smallest absolute Gasteiger partial charge is 0.319 e. The van der Waals surface area contributed by atoms with Gasteiger partial charge >= 0.3 is 5.97 Å². The number of alkyl halides is 1. The van der Waals surface area contributed by atoms with Crippen LogP contribution in [0.1, 0.15) is 6.92 Å². The Kier molecular flexibility index (Phi) is 3.01. The molecule has 0 aliphatic rings. The predicted molar refractivity (Wildman–Crippen MR) is 32.0 cm³/mol. The summed E-state index contributed by atoms with van der Waals surface area (Å²) in [5.74, 6) is -1.04. The fourth-order valence-electron chi connectivity index (χ4n) is 0.206. The first-order valence-electron chi connectivity index (χ1n) is 2.10. The molecule has 0 aliphatic heterocycles. The van der Waals surface area contributed by atoms with Gasteiger partial charge in [-0.3, -0.25) is 4.79 Å². The Morgan fingerprint density at radius 1 is 1.75 bits per heavy atom. The first-order chi connectivity index (χ1) is 3.55. The Hall–Kier alpha value is -0.0900. The molecule has 0 rings (SSSR count). The average Bonchev–Trinajstić information content (AvgIpc) is 1.64. The molecule has 48 valence electrons. The van der Waals surface area contributed by atoms with Crippen molar-refractivity contribution in [3.8, 4) is 0 Å². The molecule has 0 saturated carbocycles. The van der Waals surface area contributed by atoms with E-state index in [1.807, 2.05) is 0 Å². The second-order valence-electron chi connectivity index (χ2n) is 1.48. The number of aliphatic hydroxyl groups excluding tert-OH is 1. The molecule has 8 heavy (non-hydrogen) atoms. The zero-order chi connectivity index (χ0) is 6.73. The number of hydrogen-bond donors (Lipinski definition) is 2. The Bertz CT molecular complexity index is 91.3. The fourth-order valence-corrected chi connectivity index (χ4v) is 0.206. The molecule has 0 spiro atoms. The summed E-state index contributed by atoms with van der Waals surface area (Å²) in [5, 5.41) is 16.7. The molecule has 0 aliphatic carbocycles. The number of carboxylic acids is 1. The van der Waals surface area contributed by atoms with Crippen LogP contribution in [0.4, 0.5) is 0 Å². The first-order valence-corrected chi connectivity index (χ1v) is 3.02. The summed E-state index contributed by atoms with van der Waals surface area (Å²) < 4.78 is 0. The Morgan fingerprint density at radius 3 is 2.12 bits per heavy atom. The van der Waals surface area contributed by atoms with Crippen molar-refractivity contribution in [3.63, 3.8) is 0 Å². The Morgan fingerprint density at radius 2 is 2.12 bits per heavy atom. The van der Waals surface area contributed by atoms with Gasteiger partial charge in [0, 0.05) is 0 Å². The van der Waals surface area contributed by atoms with Crippen molar-refractivity contribution < 1.29 is 15.0 Å². The average molecular weight is 183 g/mol. The van der Waals surface area contributed by atoms with Crippen molar-refractivity contribution in [1.82, 2.24) is 0 Å². The van der Waals surface area contributed by atoms with Gasteiger partial charge in [-0.25, -0.2) is 0 Å². The van der Waals surface area contributed by atoms with Gasteiger partial charge in [0.1, 0.15) is 4.83 Å². The lowest BCUT2D eigenvalue weighted by Gasteiger charge is -2.04. The lowest BCUT2D eigenvalue weighted by molar-refractivity contribution is -0.137. The highest BCUT2D eigenvalue weighted by Gasteiger charge is 2.17. The number of aliphatic hydroxyl groups is 1. The summed E-state index contributed by atoms with van der Waals surface area (Å²) in [6.07, 6.45) is -0.840. The molecule has 4 heteroatoms. The zero-order valence-electron chi connectivity index (χ0n) is 4.34. The maximum atomic E-state index is 9.93. The number of carbonyl (C=O) groups is 1. The summed E-state index contributed by atoms with van der Waals surface area (Å²) in [4.78, 5) is 9.09. The molecular weight excluding hydrogens is 176 g/mol. The van der Waals surface area contributed by atoms with Gasteiger partial charge in [0.25, 0.3) is 0 Å². The minimum absolute atomic E-state index is 0.840. The van der Waals surface area contributed by atoms with Gasteiger partial charge in [-0.05, 0) is 6.92 Å². The molecule has 2 atom stereocenters. The van der Waals surface area contributed by atoms with E-state index in [4.69, 9.17) is 10.2 Å². The van der Waals surface area contributed by atoms with E-state index >= 15 is 0 Å². The van der Waals surface area contributed by atoms with E-state index in [1.54, 1.807) is 0 Å². The molecule has 0 aromatic heterocycles. The van der Waals surface area contributed by atoms with Crippen molar-refractivity contribution in [3.05, 3.63) is 0 Å². The number of halogens is 1. The maximum Gasteiger partial charge on any atom is 0.319 e. The van der Waals surface area contributed by atoms with Gasteiger partial charge in [0.15, 0.2) is 0 Å². The first kappa shape index (κ1) is 7.91. The predicted octanol–water partition coefficient (Wildman–Crippen LogP) is 0.215. The number of carboxylic acid groups (broad SMARTS) is 1. The SMILES string of the molecule is C[C@H](O)[C@H](Br)C(=O)O. The van der Waals surface area contributed by atoms with Crippen molar-refractivity contribution in [1.29, 1.82) is 0 Å². The minimum atomic E-state index is -1.04. The van der Waals surface area contributed by atoms with Crippen molar-refractivity contribution >= 4 is 21.9 Å². The molecule has 2 N–H and O–H groups in total. The lowest BCUT2D eigenvalue weighted by atomic mass is 10.3. The van der Waals surface area contributed by atoms with E-state index in [1.165, 1.54) is 6.92 Å². The number of hydrogen-bond acceptors (Lipinski definition) is 2. The Balaban J connectivity index is 3.64. The van der Waals surface area contributed by atoms with Crippen molar-refractivity contribution in [2.75, 3.05) is 0 Å². The van der Waals surface area contributed by atoms with Crippen LogP contribution >= 0.6 is 15.9 Å². The lowest BCUT2D eigenvalue weighted by Crippen LogP contribution is -2.25. The monoisotopic (exact) mass is 182 g/mol. The van der Waals surface area contributed by atoms with Crippen LogP contribution in [0, 0.1) is 0 Å². The van der Waals surface area contributed by atoms with Crippen LogP contribution < -0.4 is 0 Å². The molecule has 0 heterocycles. The molecule has 0 fully saturated rings. The molecule has 0 aromatic carbocycles. The molecule has 0 amide bonds. The quantitative estimate of drug-likeness (QED) is 0.601. The molecule has 3 nitrogen and oxygen atoms in total. The molecule has 0 saturated heterocycles. The number of rotatable bonds is 2. The topological polar surface area (TPSA) is 57.5 Å². The highest BCUT2D eigenvalue weighted by molar-refractivity contribution is 9.10. The standard InChI is InChI=1S/C4H7BrO3/c1-2(6)3(5)4(7)8/h2-3,6H,1H3,(H,7,8)/t2-,3-/m0/s1.